The molecule has 1 aromatic rings. The lowest BCUT2D eigenvalue weighted by molar-refractivity contribution is -0.187. The number of nitrogens with zero attached hydrogens (tertiary/aromatic N) is 2. The fraction of sp³-hybridized carbons (Fsp3) is 0.688. The summed E-state index contributed by atoms with van der Waals surface area (Å²) in [7, 11) is 0. The number of carbonyl (C=O) groups excluding carboxylic acids is 1. The van der Waals surface area contributed by atoms with Gasteiger partial charge in [-0.2, -0.15) is 13.2 Å². The van der Waals surface area contributed by atoms with Gasteiger partial charge in [0, 0.05) is 24.6 Å². The number of carboxylic acid groups (broad SMARTS) is 1. The summed E-state index contributed by atoms with van der Waals surface area (Å²) in [6.07, 6.45) is -0.662. The molecule has 1 saturated heterocycles. The molecule has 0 spiro atoms. The number of amides is 2. The Bertz CT molecular complexity index is 697. The van der Waals surface area contributed by atoms with Gasteiger partial charge in [0.05, 0.1) is 11.8 Å². The molecule has 144 valence electrons. The molecule has 1 aliphatic carbocycles. The smallest absolute Gasteiger partial charge is 0.394 e. The maximum Gasteiger partial charge on any atom is 0.394 e. The molecule has 2 aliphatic rings. The molecule has 2 fully saturated rings. The number of nitrogens with one attached hydrogen (secondary N) is 1. The highest BCUT2D eigenvalue weighted by Crippen LogP contribution is 2.41. The third-order valence-corrected chi connectivity index (χ3v) is 5.39. The van der Waals surface area contributed by atoms with Crippen LogP contribution in [0.5, 0.6) is 0 Å². The number of anilines is 1. The molecule has 2 amide bonds. The van der Waals surface area contributed by atoms with Gasteiger partial charge in [-0.05, 0) is 12.8 Å². The third kappa shape index (κ3) is 3.49. The predicted molar refractivity (Wildman–Crippen MR) is 83.6 cm³/mol. The van der Waals surface area contributed by atoms with Gasteiger partial charge in [0.15, 0.2) is 5.82 Å². The highest BCUT2D eigenvalue weighted by molar-refractivity contribution is 5.89. The molecule has 1 aliphatic heterocycles. The van der Waals surface area contributed by atoms with Gasteiger partial charge in [0.25, 0.3) is 0 Å². The largest absolute Gasteiger partial charge is 0.481 e. The number of rotatable bonds is 3. The van der Waals surface area contributed by atoms with Crippen LogP contribution in [0.4, 0.5) is 23.8 Å². The number of aromatic nitrogens is 1. The number of hydrogen-bond donors (Lipinski definition) is 2. The van der Waals surface area contributed by atoms with Gasteiger partial charge in [-0.1, -0.05) is 24.9 Å². The summed E-state index contributed by atoms with van der Waals surface area (Å²) in [5.74, 6) is -4.59. The monoisotopic (exact) mass is 375 g/mol. The minimum Gasteiger partial charge on any atom is -0.481 e. The quantitative estimate of drug-likeness (QED) is 0.846. The van der Waals surface area contributed by atoms with Crippen molar-refractivity contribution in [1.82, 2.24) is 10.1 Å². The molecule has 2 heterocycles. The molecule has 1 saturated carbocycles. The summed E-state index contributed by atoms with van der Waals surface area (Å²) >= 11 is 0. The number of likely N-dealkylation sites (tertiary alicyclic amines) is 1. The predicted octanol–water partition coefficient (Wildman–Crippen LogP) is 3.23. The number of halogens is 3. The molecule has 2 atom stereocenters. The zero-order valence-electron chi connectivity index (χ0n) is 14.2. The first-order chi connectivity index (χ1) is 12.1. The Kier molecular flexibility index (Phi) is 4.61. The van der Waals surface area contributed by atoms with Gasteiger partial charge in [0.1, 0.15) is 5.76 Å². The summed E-state index contributed by atoms with van der Waals surface area (Å²) in [4.78, 5) is 24.2. The maximum absolute atomic E-state index is 13.0. The van der Waals surface area contributed by atoms with E-state index >= 15 is 0 Å². The Morgan fingerprint density at radius 1 is 1.35 bits per heavy atom. The minimum absolute atomic E-state index is 0.112. The first-order valence-corrected chi connectivity index (χ1v) is 8.43. The lowest BCUT2D eigenvalue weighted by Crippen LogP contribution is -2.35. The van der Waals surface area contributed by atoms with Crippen LogP contribution < -0.4 is 5.32 Å². The standard InChI is InChI=1S/C16H20F3N3O4/c1-15(4-2-3-5-15)11-6-12(21-26-11)20-14(25)22-7-9(13(23)24)10(8-22)16(17,18)19/h6,9-10H,2-5,7-8H2,1H3,(H,23,24)(H,20,21,25)/t9-,10-/m1/s1. The van der Waals surface area contributed by atoms with Crippen LogP contribution in [0.2, 0.25) is 0 Å². The summed E-state index contributed by atoms with van der Waals surface area (Å²) in [6.45, 7) is 0.834. The average molecular weight is 375 g/mol. The van der Waals surface area contributed by atoms with Crippen LogP contribution in [0.25, 0.3) is 0 Å². The first-order valence-electron chi connectivity index (χ1n) is 8.43. The lowest BCUT2D eigenvalue weighted by atomic mass is 9.86. The Morgan fingerprint density at radius 2 is 2.00 bits per heavy atom. The molecule has 10 heteroatoms. The van der Waals surface area contributed by atoms with E-state index in [1.807, 2.05) is 6.92 Å². The number of alkyl halides is 3. The van der Waals surface area contributed by atoms with Crippen LogP contribution >= 0.6 is 0 Å². The van der Waals surface area contributed by atoms with Gasteiger partial charge >= 0.3 is 18.2 Å². The molecule has 26 heavy (non-hydrogen) atoms. The van der Waals surface area contributed by atoms with Crippen LogP contribution in [0.15, 0.2) is 10.6 Å². The van der Waals surface area contributed by atoms with Crippen molar-refractivity contribution in [3.63, 3.8) is 0 Å². The topological polar surface area (TPSA) is 95.7 Å². The van der Waals surface area contributed by atoms with Gasteiger partial charge in [-0.15, -0.1) is 0 Å². The molecule has 7 nitrogen and oxygen atoms in total. The van der Waals surface area contributed by atoms with Crippen LogP contribution in [-0.2, 0) is 10.2 Å². The van der Waals surface area contributed by atoms with Crippen molar-refractivity contribution in [3.05, 3.63) is 11.8 Å². The van der Waals surface area contributed by atoms with Crippen LogP contribution in [-0.4, -0.2) is 46.4 Å². The number of hydrogen-bond acceptors (Lipinski definition) is 4. The summed E-state index contributed by atoms with van der Waals surface area (Å²) < 4.78 is 44.3. The maximum atomic E-state index is 13.0. The summed E-state index contributed by atoms with van der Waals surface area (Å²) in [5.41, 5.74) is -0.153. The van der Waals surface area contributed by atoms with Gasteiger partial charge < -0.3 is 14.5 Å². The van der Waals surface area contributed by atoms with E-state index in [1.54, 1.807) is 6.07 Å². The Hall–Kier alpha value is -2.26. The zero-order chi connectivity index (χ0) is 19.1. The van der Waals surface area contributed by atoms with Crippen molar-refractivity contribution in [1.29, 1.82) is 0 Å². The average Bonchev–Trinajstić information content (AvgIpc) is 3.24. The van der Waals surface area contributed by atoms with E-state index in [2.05, 4.69) is 10.5 Å². The van der Waals surface area contributed by atoms with E-state index in [-0.39, 0.29) is 11.2 Å². The fourth-order valence-electron chi connectivity index (χ4n) is 3.76. The highest BCUT2D eigenvalue weighted by Gasteiger charge is 2.53. The lowest BCUT2D eigenvalue weighted by Gasteiger charge is -2.18. The van der Waals surface area contributed by atoms with Gasteiger partial charge in [0.2, 0.25) is 0 Å². The normalized spacial score (nSPS) is 25.5. The number of aliphatic carboxylic acids is 1. The molecular formula is C16H20F3N3O4. The van der Waals surface area contributed by atoms with E-state index in [9.17, 15) is 22.8 Å². The van der Waals surface area contributed by atoms with Gasteiger partial charge in [-0.3, -0.25) is 10.1 Å². The van der Waals surface area contributed by atoms with Gasteiger partial charge in [-0.25, -0.2) is 4.79 Å². The first kappa shape index (κ1) is 18.5. The van der Waals surface area contributed by atoms with Crippen LogP contribution in [0, 0.1) is 11.8 Å². The molecule has 0 aromatic carbocycles. The van der Waals surface area contributed by atoms with E-state index in [1.165, 1.54) is 0 Å². The van der Waals surface area contributed by atoms with Crippen LogP contribution in [0.3, 0.4) is 0 Å². The minimum atomic E-state index is -4.68. The van der Waals surface area contributed by atoms with E-state index in [0.717, 1.165) is 30.6 Å². The number of carboxylic acids is 1. The van der Waals surface area contributed by atoms with Crippen molar-refractivity contribution in [2.45, 2.75) is 44.2 Å². The zero-order valence-corrected chi connectivity index (χ0v) is 14.2. The number of carbonyl (C=O) groups is 2. The summed E-state index contributed by atoms with van der Waals surface area (Å²) in [6, 6.07) is 0.759. The van der Waals surface area contributed by atoms with E-state index < -0.39 is 43.1 Å². The molecule has 2 N–H and O–H groups in total. The highest BCUT2D eigenvalue weighted by atomic mass is 19.4. The second-order valence-electron chi connectivity index (χ2n) is 7.27. The van der Waals surface area contributed by atoms with Crippen molar-refractivity contribution < 1.29 is 32.4 Å². The molecule has 0 unspecified atom stereocenters. The summed E-state index contributed by atoms with van der Waals surface area (Å²) in [5, 5.41) is 15.2. The molecule has 1 aromatic heterocycles. The van der Waals surface area contributed by atoms with Crippen molar-refractivity contribution in [3.8, 4) is 0 Å². The Morgan fingerprint density at radius 3 is 2.54 bits per heavy atom. The second-order valence-corrected chi connectivity index (χ2v) is 7.27. The second kappa shape index (κ2) is 6.48. The molecule has 3 rings (SSSR count). The van der Waals surface area contributed by atoms with Crippen molar-refractivity contribution in [2.75, 3.05) is 18.4 Å². The molecule has 0 bridgehead atoms. The van der Waals surface area contributed by atoms with Crippen LogP contribution in [0.1, 0.15) is 38.4 Å². The van der Waals surface area contributed by atoms with E-state index in [4.69, 9.17) is 9.63 Å². The fourth-order valence-corrected chi connectivity index (χ4v) is 3.76. The van der Waals surface area contributed by atoms with Crippen molar-refractivity contribution in [2.24, 2.45) is 11.8 Å². The van der Waals surface area contributed by atoms with E-state index in [0.29, 0.717) is 5.76 Å². The Labute approximate surface area is 147 Å². The SMILES string of the molecule is CC1(c2cc(NC(=O)N3C[C@@H](C(F)(F)F)[C@H](C(=O)O)C3)no2)CCCC1. The van der Waals surface area contributed by atoms with Crippen molar-refractivity contribution >= 4 is 17.8 Å². The Balaban J connectivity index is 1.67. The molecular weight excluding hydrogens is 355 g/mol. The third-order valence-electron chi connectivity index (χ3n) is 5.39. The number of urea groups is 1. The molecule has 0 radical (unpaired) electrons.